The first-order valence-corrected chi connectivity index (χ1v) is 10.7. The Labute approximate surface area is 181 Å². The Morgan fingerprint density at radius 2 is 1.87 bits per heavy atom. The molecular formula is C20H15ClN4O5S. The fourth-order valence-electron chi connectivity index (χ4n) is 2.95. The number of rotatable bonds is 5. The summed E-state index contributed by atoms with van der Waals surface area (Å²) in [5, 5.41) is 9.71. The van der Waals surface area contributed by atoms with E-state index in [1.807, 2.05) is 0 Å². The molecule has 0 aliphatic heterocycles. The van der Waals surface area contributed by atoms with E-state index >= 15 is 0 Å². The molecule has 0 aliphatic carbocycles. The molecule has 3 heterocycles. The summed E-state index contributed by atoms with van der Waals surface area (Å²) in [6, 6.07) is 10.8. The maximum absolute atomic E-state index is 12.8. The normalized spacial score (nSPS) is 11.4. The third kappa shape index (κ3) is 3.90. The molecule has 0 aliphatic rings. The van der Waals surface area contributed by atoms with E-state index in [1.165, 1.54) is 42.1 Å². The van der Waals surface area contributed by atoms with Crippen LogP contribution in [0.5, 0.6) is 11.6 Å². The van der Waals surface area contributed by atoms with Crippen molar-refractivity contribution in [2.75, 3.05) is 11.8 Å². The standard InChI is InChI=1S/C20H15ClN4O5S/c1-30-19-15(24-31(28,29)17-5-3-2-4-14(17)21)8-13(9-23-19)12-6-7-18-22-10-16(26)20(27)25(18)11-12/h2-11,24,26H,1H3. The number of ether oxygens (including phenoxy) is 1. The summed E-state index contributed by atoms with van der Waals surface area (Å²) in [6.07, 6.45) is 4.02. The van der Waals surface area contributed by atoms with Gasteiger partial charge in [0, 0.05) is 23.5 Å². The highest BCUT2D eigenvalue weighted by Crippen LogP contribution is 2.31. The quantitative estimate of drug-likeness (QED) is 0.471. The molecule has 1 aromatic carbocycles. The van der Waals surface area contributed by atoms with Crippen LogP contribution in [0.15, 0.2) is 70.7 Å². The van der Waals surface area contributed by atoms with Crippen LogP contribution in [0, 0.1) is 0 Å². The minimum absolute atomic E-state index is 0.0524. The molecule has 0 unspecified atom stereocenters. The number of nitrogens with zero attached hydrogens (tertiary/aromatic N) is 3. The number of anilines is 1. The van der Waals surface area contributed by atoms with Gasteiger partial charge in [-0.05, 0) is 30.3 Å². The average Bonchev–Trinajstić information content (AvgIpc) is 2.76. The highest BCUT2D eigenvalue weighted by molar-refractivity contribution is 7.92. The number of nitrogens with one attached hydrogen (secondary N) is 1. The largest absolute Gasteiger partial charge is 0.502 e. The lowest BCUT2D eigenvalue weighted by atomic mass is 10.1. The fraction of sp³-hybridized carbons (Fsp3) is 0.0500. The molecule has 158 valence electrons. The van der Waals surface area contributed by atoms with Crippen LogP contribution in [0.1, 0.15) is 0 Å². The number of methoxy groups -OCH3 is 1. The van der Waals surface area contributed by atoms with Crippen LogP contribution in [0.2, 0.25) is 5.02 Å². The van der Waals surface area contributed by atoms with E-state index < -0.39 is 21.3 Å². The van der Waals surface area contributed by atoms with Gasteiger partial charge in [-0.1, -0.05) is 23.7 Å². The number of aromatic hydroxyl groups is 1. The monoisotopic (exact) mass is 458 g/mol. The number of pyridine rings is 2. The Morgan fingerprint density at radius 3 is 2.61 bits per heavy atom. The fourth-order valence-corrected chi connectivity index (χ4v) is 4.51. The molecular weight excluding hydrogens is 444 g/mol. The lowest BCUT2D eigenvalue weighted by molar-refractivity contribution is 0.400. The predicted molar refractivity (Wildman–Crippen MR) is 115 cm³/mol. The zero-order chi connectivity index (χ0) is 22.2. The first-order valence-electron chi connectivity index (χ1n) is 8.82. The van der Waals surface area contributed by atoms with Crippen molar-refractivity contribution in [2.24, 2.45) is 0 Å². The van der Waals surface area contributed by atoms with Gasteiger partial charge in [0.25, 0.3) is 15.6 Å². The van der Waals surface area contributed by atoms with Gasteiger partial charge in [0.1, 0.15) is 16.2 Å². The topological polar surface area (TPSA) is 123 Å². The first kappa shape index (κ1) is 20.6. The minimum atomic E-state index is -4.02. The van der Waals surface area contributed by atoms with E-state index in [0.717, 1.165) is 6.20 Å². The number of hydrogen-bond donors (Lipinski definition) is 2. The lowest BCUT2D eigenvalue weighted by Crippen LogP contribution is -2.15. The molecule has 0 saturated carbocycles. The number of sulfonamides is 1. The van der Waals surface area contributed by atoms with Gasteiger partial charge in [-0.2, -0.15) is 0 Å². The van der Waals surface area contributed by atoms with Gasteiger partial charge in [0.2, 0.25) is 11.6 Å². The van der Waals surface area contributed by atoms with Gasteiger partial charge < -0.3 is 9.84 Å². The molecule has 0 saturated heterocycles. The van der Waals surface area contributed by atoms with Gasteiger partial charge >= 0.3 is 0 Å². The summed E-state index contributed by atoms with van der Waals surface area (Å²) in [7, 11) is -2.66. The Bertz CT molecular complexity index is 1470. The third-order valence-corrected chi connectivity index (χ3v) is 6.30. The molecule has 4 aromatic rings. The van der Waals surface area contributed by atoms with Crippen molar-refractivity contribution >= 4 is 33.0 Å². The van der Waals surface area contributed by atoms with Crippen LogP contribution in [0.3, 0.4) is 0 Å². The van der Waals surface area contributed by atoms with Crippen molar-refractivity contribution in [1.29, 1.82) is 0 Å². The summed E-state index contributed by atoms with van der Waals surface area (Å²) in [4.78, 5) is 20.2. The maximum atomic E-state index is 12.8. The second-order valence-corrected chi connectivity index (χ2v) is 8.47. The van der Waals surface area contributed by atoms with Crippen LogP contribution >= 0.6 is 11.6 Å². The van der Waals surface area contributed by atoms with E-state index in [2.05, 4.69) is 14.7 Å². The molecule has 9 nitrogen and oxygen atoms in total. The lowest BCUT2D eigenvalue weighted by Gasteiger charge is -2.13. The highest BCUT2D eigenvalue weighted by Gasteiger charge is 2.20. The maximum Gasteiger partial charge on any atom is 0.300 e. The zero-order valence-corrected chi connectivity index (χ0v) is 17.6. The van der Waals surface area contributed by atoms with E-state index in [0.29, 0.717) is 16.8 Å². The second-order valence-electron chi connectivity index (χ2n) is 6.41. The van der Waals surface area contributed by atoms with Crippen LogP contribution in [-0.4, -0.2) is 35.0 Å². The Kier molecular flexibility index (Phi) is 5.25. The summed E-state index contributed by atoms with van der Waals surface area (Å²) in [5.41, 5.74) is 0.826. The molecule has 0 spiro atoms. The summed E-state index contributed by atoms with van der Waals surface area (Å²) in [5.74, 6) is -0.438. The zero-order valence-electron chi connectivity index (χ0n) is 16.0. The molecule has 2 N–H and O–H groups in total. The number of aromatic nitrogens is 3. The van der Waals surface area contributed by atoms with Crippen LogP contribution in [0.25, 0.3) is 16.8 Å². The molecule has 31 heavy (non-hydrogen) atoms. The minimum Gasteiger partial charge on any atom is -0.502 e. The van der Waals surface area contributed by atoms with Crippen molar-refractivity contribution in [1.82, 2.24) is 14.4 Å². The molecule has 0 bridgehead atoms. The van der Waals surface area contributed by atoms with Gasteiger partial charge in [0.15, 0.2) is 0 Å². The summed E-state index contributed by atoms with van der Waals surface area (Å²) < 4.78 is 34.5. The first-order chi connectivity index (χ1) is 14.8. The van der Waals surface area contributed by atoms with E-state index in [1.54, 1.807) is 24.3 Å². The van der Waals surface area contributed by atoms with Crippen LogP contribution in [0.4, 0.5) is 5.69 Å². The van der Waals surface area contributed by atoms with Crippen molar-refractivity contribution in [3.63, 3.8) is 0 Å². The van der Waals surface area contributed by atoms with Gasteiger partial charge in [-0.15, -0.1) is 0 Å². The van der Waals surface area contributed by atoms with E-state index in [9.17, 15) is 18.3 Å². The number of fused-ring (bicyclic) bond motifs is 1. The summed E-state index contributed by atoms with van der Waals surface area (Å²) in [6.45, 7) is 0. The number of halogens is 1. The number of benzene rings is 1. The SMILES string of the molecule is COc1ncc(-c2ccc3ncc(O)c(=O)n3c2)cc1NS(=O)(=O)c1ccccc1Cl. The predicted octanol–water partition coefficient (Wildman–Crippen LogP) is 2.92. The van der Waals surface area contributed by atoms with Crippen molar-refractivity contribution in [3.8, 4) is 22.8 Å². The van der Waals surface area contributed by atoms with Crippen molar-refractivity contribution < 1.29 is 18.3 Å². The highest BCUT2D eigenvalue weighted by atomic mass is 35.5. The van der Waals surface area contributed by atoms with E-state index in [-0.39, 0.29) is 21.5 Å². The molecule has 0 fully saturated rings. The third-order valence-electron chi connectivity index (χ3n) is 4.43. The Balaban J connectivity index is 1.80. The number of hydrogen-bond acceptors (Lipinski definition) is 7. The Morgan fingerprint density at radius 1 is 1.10 bits per heavy atom. The van der Waals surface area contributed by atoms with E-state index in [4.69, 9.17) is 16.3 Å². The van der Waals surface area contributed by atoms with Gasteiger partial charge in [-0.25, -0.2) is 18.4 Å². The molecule has 3 aromatic heterocycles. The van der Waals surface area contributed by atoms with Gasteiger partial charge in [0.05, 0.1) is 18.3 Å². The van der Waals surface area contributed by atoms with Crippen molar-refractivity contribution in [2.45, 2.75) is 4.90 Å². The second kappa shape index (κ2) is 7.89. The Hall–Kier alpha value is -3.63. The molecule has 0 radical (unpaired) electrons. The molecule has 0 atom stereocenters. The van der Waals surface area contributed by atoms with Crippen molar-refractivity contribution in [3.05, 3.63) is 76.4 Å². The average molecular weight is 459 g/mol. The summed E-state index contributed by atoms with van der Waals surface area (Å²) >= 11 is 6.03. The molecule has 4 rings (SSSR count). The van der Waals surface area contributed by atoms with Crippen LogP contribution in [-0.2, 0) is 10.0 Å². The van der Waals surface area contributed by atoms with Crippen LogP contribution < -0.4 is 15.0 Å². The smallest absolute Gasteiger partial charge is 0.300 e. The molecule has 0 amide bonds. The molecule has 11 heteroatoms. The van der Waals surface area contributed by atoms with Gasteiger partial charge in [-0.3, -0.25) is 13.9 Å².